The molecule has 139 heavy (non-hydrogen) atoms. The second kappa shape index (κ2) is 45.6. The van der Waals surface area contributed by atoms with Crippen LogP contribution in [0.2, 0.25) is 0 Å². The zero-order chi connectivity index (χ0) is 96.9. The third kappa shape index (κ3) is 26.1. The van der Waals surface area contributed by atoms with Crippen molar-refractivity contribution in [2.75, 3.05) is 111 Å². The number of carbonyl (C=O) groups is 7. The number of nitrogens with one attached hydrogen (secondary N) is 5. The van der Waals surface area contributed by atoms with Gasteiger partial charge in [-0.25, -0.2) is 67.0 Å². The molecule has 8 aliphatic rings. The first-order chi connectivity index (χ1) is 65.7. The molecule has 0 radical (unpaired) electrons. The number of sulfonamides is 1. The van der Waals surface area contributed by atoms with Gasteiger partial charge in [-0.3, -0.25) is 19.2 Å². The number of H-pyrrole nitrogens is 4. The number of ketones is 3. The van der Waals surface area contributed by atoms with Gasteiger partial charge in [-0.05, 0) is 180 Å². The van der Waals surface area contributed by atoms with Gasteiger partial charge in [-0.1, -0.05) is 35.5 Å². The summed E-state index contributed by atoms with van der Waals surface area (Å²) in [4.78, 5) is 142. The SMILES string of the molecule is C.C.CC(C)(C)OC(=O)N1CCC(CCCC(=O)c2noc3c2CN(c2ncnc4[nH]ccc24)CC3)C1.CC(C)(C)OC(=O)N1CCC(CCN)C1.CS(=O)(=O)N1CCC(CCCC(=O)c2noc3c2CN(c2ncnc4[nH]ccc24)CC3)C1.O=C(CCCC1CCNC1)c1noc2c1CN(c1ncnc3[nH]ccc13)CC2.O=C(O)c1noc2c1CN(c1ncnc3[nH]ccc13)CC2.O=CC(F)(F)F. The van der Waals surface area contributed by atoms with Gasteiger partial charge in [0.05, 0.1) is 54.0 Å². The van der Waals surface area contributed by atoms with E-state index in [0.717, 1.165) is 211 Å². The highest BCUT2D eigenvalue weighted by atomic mass is 32.2. The topological polar surface area (TPSA) is 523 Å². The molecule has 8 N–H and O–H groups in total. The van der Waals surface area contributed by atoms with Crippen LogP contribution in [0.15, 0.2) is 92.5 Å². The van der Waals surface area contributed by atoms with Crippen LogP contribution >= 0.6 is 0 Å². The van der Waals surface area contributed by atoms with Crippen molar-refractivity contribution in [2.45, 2.75) is 216 Å². The maximum atomic E-state index is 13.0. The summed E-state index contributed by atoms with van der Waals surface area (Å²) in [5.41, 5.74) is 12.3. The minimum absolute atomic E-state index is 0. The number of carboxylic acids is 1. The molecule has 748 valence electrons. The van der Waals surface area contributed by atoms with Crippen molar-refractivity contribution in [1.29, 1.82) is 0 Å². The molecular weight excluding hydrogens is 1820 g/mol. The maximum absolute atomic E-state index is 13.0. The van der Waals surface area contributed by atoms with E-state index < -0.39 is 39.7 Å². The average molecular weight is 1950 g/mol. The second-order valence-electron chi connectivity index (χ2n) is 37.5. The molecule has 20 rings (SSSR count). The highest BCUT2D eigenvalue weighted by Gasteiger charge is 2.38. The van der Waals surface area contributed by atoms with Crippen molar-refractivity contribution in [2.24, 2.45) is 29.4 Å². The number of rotatable bonds is 23. The van der Waals surface area contributed by atoms with E-state index in [9.17, 15) is 50.4 Å². The van der Waals surface area contributed by atoms with Crippen LogP contribution in [0.1, 0.15) is 234 Å². The van der Waals surface area contributed by atoms with Gasteiger partial charge in [0.2, 0.25) is 16.3 Å². The van der Waals surface area contributed by atoms with Crippen molar-refractivity contribution in [3.63, 3.8) is 0 Å². The molecule has 0 aromatic carbocycles. The van der Waals surface area contributed by atoms with E-state index in [1.807, 2.05) is 89.3 Å². The first-order valence-electron chi connectivity index (χ1n) is 46.4. The lowest BCUT2D eigenvalue weighted by molar-refractivity contribution is -0.156. The summed E-state index contributed by atoms with van der Waals surface area (Å²) >= 11 is 0. The van der Waals surface area contributed by atoms with Crippen molar-refractivity contribution in [3.8, 4) is 0 Å². The van der Waals surface area contributed by atoms with Crippen LogP contribution in [-0.4, -0.2) is 259 Å². The Kier molecular flexibility index (Phi) is 33.9. The van der Waals surface area contributed by atoms with E-state index in [1.165, 1.54) is 29.6 Å². The Morgan fingerprint density at radius 1 is 0.468 bits per heavy atom. The minimum Gasteiger partial charge on any atom is -0.476 e. The molecule has 12 aromatic heterocycles. The first-order valence-corrected chi connectivity index (χ1v) is 48.2. The number of aromatic carboxylic acids is 1. The number of hydrogen-bond donors (Lipinski definition) is 7. The summed E-state index contributed by atoms with van der Waals surface area (Å²) in [5, 5.41) is 32.3. The quantitative estimate of drug-likeness (QED) is 0.0231. The molecule has 20 heterocycles. The first kappa shape index (κ1) is 103. The van der Waals surface area contributed by atoms with Crippen LogP contribution in [0, 0.1) is 23.7 Å². The largest absolute Gasteiger partial charge is 0.476 e. The predicted octanol–water partition coefficient (Wildman–Crippen LogP) is 13.6. The number of ether oxygens (including phenoxy) is 2. The molecule has 0 bridgehead atoms. The molecule has 0 saturated carbocycles. The number of carboxylic acid groups (broad SMARTS) is 1. The maximum Gasteiger partial charge on any atom is 0.446 e. The van der Waals surface area contributed by atoms with E-state index in [1.54, 1.807) is 28.7 Å². The summed E-state index contributed by atoms with van der Waals surface area (Å²) in [7, 11) is -3.13. The van der Waals surface area contributed by atoms with Crippen molar-refractivity contribution in [3.05, 3.63) is 142 Å². The van der Waals surface area contributed by atoms with E-state index in [2.05, 4.69) is 100 Å². The Morgan fingerprint density at radius 3 is 1.09 bits per heavy atom. The van der Waals surface area contributed by atoms with Gasteiger partial charge < -0.3 is 93.1 Å². The van der Waals surface area contributed by atoms with Crippen LogP contribution in [0.25, 0.3) is 44.1 Å². The number of nitrogens with two attached hydrogens (primary N) is 1. The van der Waals surface area contributed by atoms with Gasteiger partial charge in [-0.2, -0.15) is 13.2 Å². The standard InChI is InChI=1S/C25H32N6O4.C21H26N6O4S.C20H24N6O2.C13H11N5O3.C11H22N2O2.C2HF3O.2CH4/c1-25(2,3)34-24(33)31-11-8-16(13-31)5-4-6-19(32)21-18-14-30(12-9-20(18)35-29-21)23-17-7-10-26-22(17)27-15-28-23;1-32(29,30)27-10-6-14(11-27)3-2-4-17(28)19-16-12-26(9-7-18(16)31-25-19)21-15-5-8-22-20(15)23-13-24-21;27-16(3-1-2-13-4-7-21-10-13)18-15-11-26(9-6-17(15)28-25-18)20-14-5-8-22-19(14)23-12-24-20;19-13(20)10-8-5-18(4-2-9(8)21-17-10)12-7-1-3-14-11(7)15-6-16-12;1-11(2,3)15-10(14)13-7-5-9(8-13)4-6-12;3-2(4,5)1-6;;/h7,10,15-16H,4-6,8-9,11-14H2,1-3H3,(H,26,27,28);5,8,13-14H,2-4,6-7,9-12H2,1H3,(H,22,23,24);5,8,12-13,21H,1-4,6-7,9-11H2,(H,22,23,24);1,3,6H,2,4-5H2,(H,19,20)(H,14,15,16);9H,4-8,12H2,1-3H3;1H;2*1H4. The number of halogens is 3. The summed E-state index contributed by atoms with van der Waals surface area (Å²) in [6, 6.07) is 7.81. The van der Waals surface area contributed by atoms with E-state index in [0.29, 0.717) is 162 Å². The molecule has 8 aliphatic heterocycles. The zero-order valence-electron chi connectivity index (χ0n) is 77.8. The van der Waals surface area contributed by atoms with Gasteiger partial charge in [-0.15, -0.1) is 0 Å². The van der Waals surface area contributed by atoms with Crippen LogP contribution in [-0.2, 0) is 76.2 Å². The fraction of sp³-hybridized carbons (Fsp3) is 0.543. The van der Waals surface area contributed by atoms with Crippen molar-refractivity contribution in [1.82, 2.24) is 99.9 Å². The van der Waals surface area contributed by atoms with E-state index in [4.69, 9.17) is 43.2 Å². The van der Waals surface area contributed by atoms with Gasteiger partial charge in [0, 0.05) is 157 Å². The normalized spacial score (nSPS) is 18.0. The molecule has 0 spiro atoms. The van der Waals surface area contributed by atoms with Crippen LogP contribution in [0.4, 0.5) is 46.0 Å². The summed E-state index contributed by atoms with van der Waals surface area (Å²) in [6.07, 6.45) is 22.9. The number of anilines is 4. The number of likely N-dealkylation sites (tertiary alicyclic amines) is 2. The number of amides is 2. The second-order valence-corrected chi connectivity index (χ2v) is 39.4. The summed E-state index contributed by atoms with van der Waals surface area (Å²) in [5.74, 6) is 7.32. The van der Waals surface area contributed by atoms with Gasteiger partial charge in [0.1, 0.15) is 105 Å². The Labute approximate surface area is 801 Å². The lowest BCUT2D eigenvalue weighted by atomic mass is 9.97. The third-order valence-corrected chi connectivity index (χ3v) is 26.6. The molecule has 4 unspecified atom stereocenters. The highest BCUT2D eigenvalue weighted by Crippen LogP contribution is 2.38. The number of aldehydes is 1. The number of aromatic nitrogens is 16. The smallest absolute Gasteiger partial charge is 0.446 e. The van der Waals surface area contributed by atoms with E-state index in [-0.39, 0.29) is 50.1 Å². The lowest BCUT2D eigenvalue weighted by Crippen LogP contribution is -2.35. The Morgan fingerprint density at radius 2 is 0.784 bits per heavy atom. The number of nitrogens with zero attached hydrogens (tertiary/aromatic N) is 19. The van der Waals surface area contributed by atoms with Gasteiger partial charge in [0.15, 0.2) is 40.1 Å². The molecular formula is C94H124F3N25O16S. The lowest BCUT2D eigenvalue weighted by Gasteiger charge is -2.27. The Bertz CT molecular complexity index is 6340. The van der Waals surface area contributed by atoms with Gasteiger partial charge in [0.25, 0.3) is 0 Å². The molecule has 0 aliphatic carbocycles. The fourth-order valence-corrected chi connectivity index (χ4v) is 19.4. The number of carbonyl (C=O) groups excluding carboxylic acids is 6. The number of aromatic amines is 4. The minimum atomic E-state index is -4.64. The van der Waals surface area contributed by atoms with Crippen LogP contribution in [0.5, 0.6) is 0 Å². The number of fused-ring (bicyclic) bond motifs is 8. The fourth-order valence-electron chi connectivity index (χ4n) is 18.5. The molecule has 12 aromatic rings. The van der Waals surface area contributed by atoms with Crippen molar-refractivity contribution < 1.29 is 87.8 Å². The van der Waals surface area contributed by atoms with Crippen molar-refractivity contribution >= 4 is 119 Å². The number of alkyl halides is 3. The van der Waals surface area contributed by atoms with Gasteiger partial charge >= 0.3 is 24.3 Å². The Balaban J connectivity index is 0.000000147. The molecule has 2 amide bonds. The monoisotopic (exact) mass is 1950 g/mol. The van der Waals surface area contributed by atoms with Crippen LogP contribution in [0.3, 0.4) is 0 Å². The Hall–Kier alpha value is -13.2. The number of hydrogen-bond acceptors (Lipinski definition) is 33. The average Bonchev–Trinajstić information content (AvgIpc) is 1.63. The predicted molar refractivity (Wildman–Crippen MR) is 509 cm³/mol. The molecule has 4 saturated heterocycles. The third-order valence-electron chi connectivity index (χ3n) is 25.3. The van der Waals surface area contributed by atoms with Crippen LogP contribution < -0.4 is 30.7 Å². The summed E-state index contributed by atoms with van der Waals surface area (Å²) < 4.78 is 88.5. The number of Topliss-reactive ketones (excluding diaryl/α,β-unsaturated/α-hetero) is 3. The zero-order valence-corrected chi connectivity index (χ0v) is 78.6. The van der Waals surface area contributed by atoms with E-state index >= 15 is 0 Å². The molecule has 41 nitrogen and oxygen atoms in total. The molecule has 45 heteroatoms. The molecule has 4 fully saturated rings. The summed E-state index contributed by atoms with van der Waals surface area (Å²) in [6.45, 7) is 23.3. The highest BCUT2D eigenvalue weighted by molar-refractivity contribution is 7.88. The molecule has 4 atom stereocenters.